The van der Waals surface area contributed by atoms with Crippen molar-refractivity contribution in [2.75, 3.05) is 13.2 Å². The fraction of sp³-hybridized carbons (Fsp3) is 0.636. The third kappa shape index (κ3) is 2.36. The number of rotatable bonds is 3. The predicted octanol–water partition coefficient (Wildman–Crippen LogP) is 1.94. The van der Waals surface area contributed by atoms with Crippen LogP contribution in [0.4, 0.5) is 0 Å². The lowest BCUT2D eigenvalue weighted by atomic mass is 9.95. The molecule has 1 N–H and O–H groups in total. The van der Waals surface area contributed by atoms with Crippen LogP contribution in [0.2, 0.25) is 0 Å². The molecule has 1 atom stereocenters. The smallest absolute Gasteiger partial charge is 0.0947 e. The normalized spacial score (nSPS) is 27.8. The van der Waals surface area contributed by atoms with E-state index in [1.54, 1.807) is 12.5 Å². The van der Waals surface area contributed by atoms with Crippen molar-refractivity contribution in [3.63, 3.8) is 0 Å². The molecule has 0 spiro atoms. The SMILES string of the molecule is CC1(NCc2ccoc2)CCCOC1. The van der Waals surface area contributed by atoms with Gasteiger partial charge in [-0.1, -0.05) is 0 Å². The Kier molecular flexibility index (Phi) is 2.89. The summed E-state index contributed by atoms with van der Waals surface area (Å²) in [5.41, 5.74) is 1.33. The Balaban J connectivity index is 1.84. The van der Waals surface area contributed by atoms with Gasteiger partial charge < -0.3 is 14.5 Å². The van der Waals surface area contributed by atoms with Crippen molar-refractivity contribution in [1.82, 2.24) is 5.32 Å². The lowest BCUT2D eigenvalue weighted by Gasteiger charge is -2.34. The Morgan fingerprint density at radius 2 is 2.50 bits per heavy atom. The molecule has 1 fully saturated rings. The molecule has 1 aromatic heterocycles. The van der Waals surface area contributed by atoms with E-state index in [4.69, 9.17) is 9.15 Å². The number of hydrogen-bond donors (Lipinski definition) is 1. The minimum absolute atomic E-state index is 0.134. The molecule has 0 aromatic carbocycles. The van der Waals surface area contributed by atoms with Crippen LogP contribution < -0.4 is 5.32 Å². The van der Waals surface area contributed by atoms with Gasteiger partial charge in [0.15, 0.2) is 0 Å². The van der Waals surface area contributed by atoms with Gasteiger partial charge >= 0.3 is 0 Å². The zero-order chi connectivity index (χ0) is 9.86. The summed E-state index contributed by atoms with van der Waals surface area (Å²) in [5.74, 6) is 0. The molecule has 0 radical (unpaired) electrons. The van der Waals surface area contributed by atoms with Crippen LogP contribution >= 0.6 is 0 Å². The van der Waals surface area contributed by atoms with Gasteiger partial charge in [0.1, 0.15) is 0 Å². The summed E-state index contributed by atoms with van der Waals surface area (Å²) in [4.78, 5) is 0. The van der Waals surface area contributed by atoms with Crippen LogP contribution in [0, 0.1) is 0 Å². The first-order valence-corrected chi connectivity index (χ1v) is 5.12. The third-order valence-electron chi connectivity index (χ3n) is 2.74. The van der Waals surface area contributed by atoms with Crippen LogP contribution in [0.3, 0.4) is 0 Å². The molecule has 1 aromatic rings. The molecule has 14 heavy (non-hydrogen) atoms. The standard InChI is InChI=1S/C11H17NO2/c1-11(4-2-5-14-9-11)12-7-10-3-6-13-8-10/h3,6,8,12H,2,4-5,7,9H2,1H3. The van der Waals surface area contributed by atoms with E-state index in [0.717, 1.165) is 26.2 Å². The first-order valence-electron chi connectivity index (χ1n) is 5.12. The zero-order valence-electron chi connectivity index (χ0n) is 8.58. The molecule has 1 unspecified atom stereocenters. The molecule has 0 amide bonds. The minimum atomic E-state index is 0.134. The maximum absolute atomic E-state index is 5.47. The number of furan rings is 1. The molecular formula is C11H17NO2. The molecule has 1 aliphatic heterocycles. The first-order chi connectivity index (χ1) is 6.79. The van der Waals surface area contributed by atoms with E-state index in [-0.39, 0.29) is 5.54 Å². The minimum Gasteiger partial charge on any atom is -0.472 e. The van der Waals surface area contributed by atoms with Gasteiger partial charge in [-0.05, 0) is 25.8 Å². The van der Waals surface area contributed by atoms with Crippen LogP contribution in [0.25, 0.3) is 0 Å². The number of hydrogen-bond acceptors (Lipinski definition) is 3. The van der Waals surface area contributed by atoms with Crippen molar-refractivity contribution in [3.8, 4) is 0 Å². The van der Waals surface area contributed by atoms with Gasteiger partial charge in [-0.15, -0.1) is 0 Å². The fourth-order valence-electron chi connectivity index (χ4n) is 1.78. The van der Waals surface area contributed by atoms with Crippen LogP contribution in [0.1, 0.15) is 25.3 Å². The molecule has 0 bridgehead atoms. The molecule has 2 heterocycles. The molecule has 3 heteroatoms. The molecule has 1 aliphatic rings. The van der Waals surface area contributed by atoms with Crippen molar-refractivity contribution in [1.29, 1.82) is 0 Å². The molecule has 2 rings (SSSR count). The fourth-order valence-corrected chi connectivity index (χ4v) is 1.78. The average molecular weight is 195 g/mol. The summed E-state index contributed by atoms with van der Waals surface area (Å²) in [5, 5.41) is 3.52. The van der Waals surface area contributed by atoms with Gasteiger partial charge in [-0.3, -0.25) is 0 Å². The summed E-state index contributed by atoms with van der Waals surface area (Å²) in [7, 11) is 0. The molecule has 1 saturated heterocycles. The maximum Gasteiger partial charge on any atom is 0.0947 e. The third-order valence-corrected chi connectivity index (χ3v) is 2.74. The molecule has 3 nitrogen and oxygen atoms in total. The Labute approximate surface area is 84.4 Å². The Hall–Kier alpha value is -0.800. The summed E-state index contributed by atoms with van der Waals surface area (Å²) >= 11 is 0. The number of ether oxygens (including phenoxy) is 1. The highest BCUT2D eigenvalue weighted by atomic mass is 16.5. The molecule has 0 aliphatic carbocycles. The van der Waals surface area contributed by atoms with E-state index in [1.165, 1.54) is 12.0 Å². The first kappa shape index (κ1) is 9.74. The van der Waals surface area contributed by atoms with Crippen molar-refractivity contribution >= 4 is 0 Å². The predicted molar refractivity (Wildman–Crippen MR) is 54.0 cm³/mol. The van der Waals surface area contributed by atoms with Crippen LogP contribution in [0.5, 0.6) is 0 Å². The van der Waals surface area contributed by atoms with Crippen LogP contribution in [-0.4, -0.2) is 18.8 Å². The Morgan fingerprint density at radius 3 is 3.14 bits per heavy atom. The van der Waals surface area contributed by atoms with Gasteiger partial charge in [0, 0.05) is 24.3 Å². The summed E-state index contributed by atoms with van der Waals surface area (Å²) < 4.78 is 10.5. The maximum atomic E-state index is 5.47. The van der Waals surface area contributed by atoms with Crippen molar-refractivity contribution in [2.45, 2.75) is 31.8 Å². The zero-order valence-corrected chi connectivity index (χ0v) is 8.58. The van der Waals surface area contributed by atoms with Crippen molar-refractivity contribution < 1.29 is 9.15 Å². The van der Waals surface area contributed by atoms with Gasteiger partial charge in [0.2, 0.25) is 0 Å². The van der Waals surface area contributed by atoms with Crippen molar-refractivity contribution in [3.05, 3.63) is 24.2 Å². The molecular weight excluding hydrogens is 178 g/mol. The van der Waals surface area contributed by atoms with Gasteiger partial charge in [0.05, 0.1) is 19.1 Å². The highest BCUT2D eigenvalue weighted by molar-refractivity contribution is 5.05. The summed E-state index contributed by atoms with van der Waals surface area (Å²) in [6, 6.07) is 1.99. The van der Waals surface area contributed by atoms with Crippen LogP contribution in [0.15, 0.2) is 23.0 Å². The second-order valence-corrected chi connectivity index (χ2v) is 4.20. The highest BCUT2D eigenvalue weighted by Crippen LogP contribution is 2.18. The summed E-state index contributed by atoms with van der Waals surface area (Å²) in [6.45, 7) is 4.79. The van der Waals surface area contributed by atoms with Gasteiger partial charge in [0.25, 0.3) is 0 Å². The second-order valence-electron chi connectivity index (χ2n) is 4.20. The van der Waals surface area contributed by atoms with Gasteiger partial charge in [-0.25, -0.2) is 0 Å². The molecule has 0 saturated carbocycles. The van der Waals surface area contributed by atoms with Crippen molar-refractivity contribution in [2.24, 2.45) is 0 Å². The Bertz CT molecular complexity index is 263. The van der Waals surface area contributed by atoms with Gasteiger partial charge in [-0.2, -0.15) is 0 Å². The average Bonchev–Trinajstić information content (AvgIpc) is 2.69. The lowest BCUT2D eigenvalue weighted by Crippen LogP contribution is -2.48. The summed E-state index contributed by atoms with van der Waals surface area (Å²) in [6.07, 6.45) is 5.82. The quantitative estimate of drug-likeness (QED) is 0.800. The van der Waals surface area contributed by atoms with E-state index >= 15 is 0 Å². The highest BCUT2D eigenvalue weighted by Gasteiger charge is 2.26. The van der Waals surface area contributed by atoms with E-state index in [0.29, 0.717) is 0 Å². The Morgan fingerprint density at radius 1 is 1.57 bits per heavy atom. The largest absolute Gasteiger partial charge is 0.472 e. The molecule has 78 valence electrons. The lowest BCUT2D eigenvalue weighted by molar-refractivity contribution is 0.0277. The van der Waals surface area contributed by atoms with E-state index in [9.17, 15) is 0 Å². The topological polar surface area (TPSA) is 34.4 Å². The van der Waals surface area contributed by atoms with E-state index < -0.39 is 0 Å². The van der Waals surface area contributed by atoms with E-state index in [2.05, 4.69) is 12.2 Å². The monoisotopic (exact) mass is 195 g/mol. The number of nitrogens with one attached hydrogen (secondary N) is 1. The van der Waals surface area contributed by atoms with Crippen LogP contribution in [-0.2, 0) is 11.3 Å². The van der Waals surface area contributed by atoms with E-state index in [1.807, 2.05) is 6.07 Å². The second kappa shape index (κ2) is 4.15.